The average Bonchev–Trinajstić information content (AvgIpc) is 3.14. The normalized spacial score (nSPS) is 17.6. The number of piperazine rings is 2. The van der Waals surface area contributed by atoms with Crippen molar-refractivity contribution in [2.45, 2.75) is 37.6 Å². The summed E-state index contributed by atoms with van der Waals surface area (Å²) in [7, 11) is 2.84. The lowest BCUT2D eigenvalue weighted by Gasteiger charge is -2.53. The monoisotopic (exact) mass is 779 g/mol. The van der Waals surface area contributed by atoms with E-state index in [1.54, 1.807) is 11.8 Å². The highest BCUT2D eigenvalue weighted by Gasteiger charge is 2.44. The number of aromatic nitrogens is 4. The van der Waals surface area contributed by atoms with Crippen LogP contribution < -0.4 is 18.9 Å². The Morgan fingerprint density at radius 2 is 1.45 bits per heavy atom. The van der Waals surface area contributed by atoms with Gasteiger partial charge in [-0.2, -0.15) is 23.1 Å². The summed E-state index contributed by atoms with van der Waals surface area (Å²) in [6, 6.07) is 20.1. The number of amides is 1. The zero-order chi connectivity index (χ0) is 36.0. The Labute approximate surface area is 318 Å². The standard InChI is InChI=1S/C36H40F3N7O5.2ClH/c1-4-50-35-42-31(48-2)27(32(43-35)51-23-36(37,38)39)21-44-19-26-20-45(34(47)30-33(49-3)41-16-15-40-30)17-18-46(26)28(22-44)29(24-11-7-5-8-12-24)25-13-9-6-10-14-25;;/h5-16,26,28-29H,4,17-23H2,1-3H3;2*1H/t26-,28?;;/m0../s1. The van der Waals surface area contributed by atoms with Crippen LogP contribution in [-0.2, 0) is 6.54 Å². The summed E-state index contributed by atoms with van der Waals surface area (Å²) in [6.07, 6.45) is -1.67. The fraction of sp³-hybridized carbons (Fsp3) is 0.417. The fourth-order valence-corrected chi connectivity index (χ4v) is 6.97. The third-order valence-electron chi connectivity index (χ3n) is 9.05. The lowest BCUT2D eigenvalue weighted by Crippen LogP contribution is -2.67. The molecule has 6 rings (SSSR count). The number of methoxy groups -OCH3 is 2. The minimum atomic E-state index is -4.60. The number of carbonyl (C=O) groups excluding carboxylic acids is 1. The number of alkyl halides is 3. The van der Waals surface area contributed by atoms with E-state index in [1.165, 1.54) is 26.6 Å². The van der Waals surface area contributed by atoms with E-state index in [2.05, 4.69) is 54.0 Å². The van der Waals surface area contributed by atoms with E-state index in [1.807, 2.05) is 36.4 Å². The first-order valence-corrected chi connectivity index (χ1v) is 16.7. The van der Waals surface area contributed by atoms with Crippen LogP contribution in [0.5, 0.6) is 23.7 Å². The van der Waals surface area contributed by atoms with Gasteiger partial charge in [-0.15, -0.1) is 24.8 Å². The molecule has 2 atom stereocenters. The highest BCUT2D eigenvalue weighted by molar-refractivity contribution is 5.94. The Morgan fingerprint density at radius 3 is 2.06 bits per heavy atom. The lowest BCUT2D eigenvalue weighted by atomic mass is 9.81. The highest BCUT2D eigenvalue weighted by Crippen LogP contribution is 2.38. The first kappa shape index (κ1) is 41.3. The van der Waals surface area contributed by atoms with Gasteiger partial charge in [-0.3, -0.25) is 14.6 Å². The van der Waals surface area contributed by atoms with Gasteiger partial charge in [0, 0.05) is 69.7 Å². The molecule has 0 saturated carbocycles. The molecule has 2 aliphatic heterocycles. The summed E-state index contributed by atoms with van der Waals surface area (Å²) in [6.45, 7) is 2.91. The van der Waals surface area contributed by atoms with Gasteiger partial charge in [-0.25, -0.2) is 9.97 Å². The van der Waals surface area contributed by atoms with Gasteiger partial charge < -0.3 is 23.8 Å². The van der Waals surface area contributed by atoms with Crippen molar-refractivity contribution in [3.05, 3.63) is 95.4 Å². The molecule has 0 radical (unpaired) electrons. The third kappa shape index (κ3) is 9.76. The Bertz CT molecular complexity index is 1740. The smallest absolute Gasteiger partial charge is 0.422 e. The Hall–Kier alpha value is -4.44. The summed E-state index contributed by atoms with van der Waals surface area (Å²) in [4.78, 5) is 37.1. The largest absolute Gasteiger partial charge is 0.481 e. The molecule has 2 fully saturated rings. The number of hydrogen-bond donors (Lipinski definition) is 0. The Balaban J connectivity index is 0.00000314. The second kappa shape index (κ2) is 18.5. The van der Waals surface area contributed by atoms with Crippen LogP contribution in [0.2, 0.25) is 0 Å². The van der Waals surface area contributed by atoms with Gasteiger partial charge in [-0.05, 0) is 18.1 Å². The van der Waals surface area contributed by atoms with E-state index < -0.39 is 12.8 Å². The van der Waals surface area contributed by atoms with E-state index in [9.17, 15) is 18.0 Å². The van der Waals surface area contributed by atoms with E-state index in [0.29, 0.717) is 32.7 Å². The molecule has 0 aliphatic carbocycles. The van der Waals surface area contributed by atoms with Gasteiger partial charge in [0.15, 0.2) is 12.3 Å². The molecule has 4 heterocycles. The van der Waals surface area contributed by atoms with Crippen LogP contribution in [-0.4, -0.2) is 119 Å². The van der Waals surface area contributed by atoms with Crippen LogP contribution >= 0.6 is 24.8 Å². The van der Waals surface area contributed by atoms with Crippen molar-refractivity contribution in [3.63, 3.8) is 0 Å². The third-order valence-corrected chi connectivity index (χ3v) is 9.05. The fourth-order valence-electron chi connectivity index (χ4n) is 6.97. The maximum atomic E-state index is 13.8. The number of halogens is 5. The summed E-state index contributed by atoms with van der Waals surface area (Å²) >= 11 is 0. The number of rotatable bonds is 12. The van der Waals surface area contributed by atoms with Gasteiger partial charge in [-0.1, -0.05) is 60.7 Å². The Kier molecular flexibility index (Phi) is 14.5. The average molecular weight is 781 g/mol. The molecule has 286 valence electrons. The molecule has 0 bridgehead atoms. The van der Waals surface area contributed by atoms with Gasteiger partial charge >= 0.3 is 12.2 Å². The van der Waals surface area contributed by atoms with Crippen LogP contribution in [0.25, 0.3) is 0 Å². The van der Waals surface area contributed by atoms with Gasteiger partial charge in [0.2, 0.25) is 17.6 Å². The summed E-state index contributed by atoms with van der Waals surface area (Å²) < 4.78 is 61.8. The van der Waals surface area contributed by atoms with Crippen molar-refractivity contribution in [2.75, 3.05) is 60.2 Å². The maximum absolute atomic E-state index is 13.8. The van der Waals surface area contributed by atoms with Crippen LogP contribution in [0, 0.1) is 0 Å². The summed E-state index contributed by atoms with van der Waals surface area (Å²) in [5.41, 5.74) is 2.63. The molecule has 17 heteroatoms. The Morgan fingerprint density at radius 1 is 0.830 bits per heavy atom. The number of benzene rings is 2. The first-order valence-electron chi connectivity index (χ1n) is 16.7. The molecular weight excluding hydrogens is 738 g/mol. The number of fused-ring (bicyclic) bond motifs is 1. The SMILES string of the molecule is CCOc1nc(OC)c(CN2CC(C(c3ccccc3)c3ccccc3)N3CCN(C(=O)c4nccnc4OC)C[C@@H]3C2)c(OCC(F)(F)F)n1.Cl.Cl. The summed E-state index contributed by atoms with van der Waals surface area (Å²) in [5, 5.41) is 0. The number of hydrogen-bond acceptors (Lipinski definition) is 11. The second-order valence-electron chi connectivity index (χ2n) is 12.3. The van der Waals surface area contributed by atoms with E-state index in [0.717, 1.165) is 11.1 Å². The molecule has 0 spiro atoms. The minimum absolute atomic E-state index is 0. The van der Waals surface area contributed by atoms with E-state index >= 15 is 0 Å². The van der Waals surface area contributed by atoms with Gasteiger partial charge in [0.1, 0.15) is 0 Å². The van der Waals surface area contributed by atoms with Crippen molar-refractivity contribution in [1.82, 2.24) is 34.6 Å². The number of nitrogens with zero attached hydrogens (tertiary/aromatic N) is 7. The number of ether oxygens (including phenoxy) is 4. The van der Waals surface area contributed by atoms with Crippen molar-refractivity contribution >= 4 is 30.7 Å². The predicted octanol–water partition coefficient (Wildman–Crippen LogP) is 5.31. The van der Waals surface area contributed by atoms with Gasteiger partial charge in [0.05, 0.1) is 26.4 Å². The van der Waals surface area contributed by atoms with Crippen LogP contribution in [0.1, 0.15) is 40.0 Å². The molecule has 2 aromatic heterocycles. The number of carbonyl (C=O) groups is 1. The van der Waals surface area contributed by atoms with Crippen molar-refractivity contribution in [3.8, 4) is 23.7 Å². The minimum Gasteiger partial charge on any atom is -0.481 e. The second-order valence-corrected chi connectivity index (χ2v) is 12.3. The zero-order valence-corrected chi connectivity index (χ0v) is 31.1. The summed E-state index contributed by atoms with van der Waals surface area (Å²) in [5.74, 6) is -0.419. The van der Waals surface area contributed by atoms with E-state index in [4.69, 9.17) is 18.9 Å². The quantitative estimate of drug-likeness (QED) is 0.186. The van der Waals surface area contributed by atoms with Crippen molar-refractivity contribution in [2.24, 2.45) is 0 Å². The van der Waals surface area contributed by atoms with Crippen molar-refractivity contribution in [1.29, 1.82) is 0 Å². The van der Waals surface area contributed by atoms with Crippen molar-refractivity contribution < 1.29 is 36.9 Å². The van der Waals surface area contributed by atoms with Crippen LogP contribution in [0.4, 0.5) is 13.2 Å². The highest BCUT2D eigenvalue weighted by atomic mass is 35.5. The predicted molar refractivity (Wildman–Crippen MR) is 195 cm³/mol. The van der Waals surface area contributed by atoms with E-state index in [-0.39, 0.29) is 96.8 Å². The van der Waals surface area contributed by atoms with Crippen LogP contribution in [0.3, 0.4) is 0 Å². The molecule has 2 aliphatic rings. The molecule has 12 nitrogen and oxygen atoms in total. The van der Waals surface area contributed by atoms with Gasteiger partial charge in [0.25, 0.3) is 5.91 Å². The first-order chi connectivity index (χ1) is 24.7. The molecule has 1 unspecified atom stereocenters. The molecule has 0 N–H and O–H groups in total. The molecular formula is C36H42Cl2F3N7O5. The maximum Gasteiger partial charge on any atom is 0.422 e. The zero-order valence-electron chi connectivity index (χ0n) is 29.4. The molecule has 53 heavy (non-hydrogen) atoms. The van der Waals surface area contributed by atoms with Crippen LogP contribution in [0.15, 0.2) is 73.1 Å². The molecule has 4 aromatic rings. The molecule has 1 amide bonds. The topological polar surface area (TPSA) is 115 Å². The molecule has 2 saturated heterocycles. The molecule has 2 aromatic carbocycles. The lowest BCUT2D eigenvalue weighted by molar-refractivity contribution is -0.154.